The lowest BCUT2D eigenvalue weighted by molar-refractivity contribution is -0.137. The van der Waals surface area contributed by atoms with Crippen molar-refractivity contribution in [2.75, 3.05) is 26.7 Å². The molecule has 0 saturated carbocycles. The highest BCUT2D eigenvalue weighted by molar-refractivity contribution is 5.85. The van der Waals surface area contributed by atoms with Crippen molar-refractivity contribution in [3.05, 3.63) is 35.4 Å². The lowest BCUT2D eigenvalue weighted by Gasteiger charge is -2.29. The minimum Gasteiger partial charge on any atom is -0.368 e. The van der Waals surface area contributed by atoms with E-state index in [9.17, 15) is 18.0 Å². The summed E-state index contributed by atoms with van der Waals surface area (Å²) in [6.07, 6.45) is -4.75. The quantitative estimate of drug-likeness (QED) is 0.853. The topological polar surface area (TPSA) is 29.5 Å². The fourth-order valence-corrected chi connectivity index (χ4v) is 2.10. The normalized spacial score (nSPS) is 20.9. The van der Waals surface area contributed by atoms with Crippen molar-refractivity contribution >= 4 is 5.78 Å². The van der Waals surface area contributed by atoms with Crippen LogP contribution in [0.4, 0.5) is 13.2 Å². The van der Waals surface area contributed by atoms with Gasteiger partial charge in [-0.1, -0.05) is 12.1 Å². The Morgan fingerprint density at radius 2 is 2.00 bits per heavy atom. The van der Waals surface area contributed by atoms with Crippen LogP contribution in [0.3, 0.4) is 0 Å². The molecule has 1 aliphatic rings. The van der Waals surface area contributed by atoms with E-state index in [1.165, 1.54) is 12.1 Å². The van der Waals surface area contributed by atoms with Crippen molar-refractivity contribution in [1.29, 1.82) is 0 Å². The van der Waals surface area contributed by atoms with Gasteiger partial charge >= 0.3 is 6.18 Å². The average molecular weight is 287 g/mol. The number of benzene rings is 1. The Hall–Kier alpha value is -1.40. The molecule has 1 aliphatic heterocycles. The van der Waals surface area contributed by atoms with Gasteiger partial charge in [0.1, 0.15) is 6.10 Å². The molecule has 0 aromatic heterocycles. The minimum atomic E-state index is -4.35. The van der Waals surface area contributed by atoms with Gasteiger partial charge in [-0.15, -0.1) is 0 Å². The van der Waals surface area contributed by atoms with Crippen LogP contribution in [0, 0.1) is 0 Å². The van der Waals surface area contributed by atoms with E-state index < -0.39 is 17.8 Å². The highest BCUT2D eigenvalue weighted by Crippen LogP contribution is 2.29. The Kier molecular flexibility index (Phi) is 4.45. The fraction of sp³-hybridized carbons (Fsp3) is 0.500. The molecule has 3 nitrogen and oxygen atoms in total. The summed E-state index contributed by atoms with van der Waals surface area (Å²) in [5.41, 5.74) is -0.137. The van der Waals surface area contributed by atoms with Gasteiger partial charge in [0.05, 0.1) is 12.2 Å². The Morgan fingerprint density at radius 1 is 1.35 bits per heavy atom. The maximum Gasteiger partial charge on any atom is 0.416 e. The van der Waals surface area contributed by atoms with E-state index in [1.54, 1.807) is 0 Å². The largest absolute Gasteiger partial charge is 0.416 e. The van der Waals surface area contributed by atoms with Crippen molar-refractivity contribution in [1.82, 2.24) is 4.90 Å². The zero-order chi connectivity index (χ0) is 14.8. The first-order valence-corrected chi connectivity index (χ1v) is 6.35. The van der Waals surface area contributed by atoms with E-state index >= 15 is 0 Å². The highest BCUT2D eigenvalue weighted by atomic mass is 19.4. The Bertz CT molecular complexity index is 470. The van der Waals surface area contributed by atoms with E-state index in [1.807, 2.05) is 11.9 Å². The second-order valence-electron chi connectivity index (χ2n) is 4.96. The summed E-state index contributed by atoms with van der Waals surface area (Å²) < 4.78 is 42.7. The van der Waals surface area contributed by atoms with E-state index in [0.717, 1.165) is 18.7 Å². The SMILES string of the molecule is CN1CCOC(C(=O)Cc2ccc(C(F)(F)F)cc2)C1. The van der Waals surface area contributed by atoms with Crippen LogP contribution >= 0.6 is 0 Å². The van der Waals surface area contributed by atoms with Crippen molar-refractivity contribution in [3.8, 4) is 0 Å². The molecule has 1 heterocycles. The first kappa shape index (κ1) is 15.0. The van der Waals surface area contributed by atoms with Gasteiger partial charge in [-0.3, -0.25) is 4.79 Å². The molecule has 0 radical (unpaired) electrons. The number of nitrogens with zero attached hydrogens (tertiary/aromatic N) is 1. The second-order valence-corrected chi connectivity index (χ2v) is 4.96. The zero-order valence-corrected chi connectivity index (χ0v) is 11.1. The molecule has 110 valence electrons. The summed E-state index contributed by atoms with van der Waals surface area (Å²) >= 11 is 0. The number of ether oxygens (including phenoxy) is 1. The number of likely N-dealkylation sites (N-methyl/N-ethyl adjacent to an activating group) is 1. The van der Waals surface area contributed by atoms with Crippen LogP contribution in [0.5, 0.6) is 0 Å². The van der Waals surface area contributed by atoms with Crippen LogP contribution in [-0.2, 0) is 22.1 Å². The number of carbonyl (C=O) groups excluding carboxylic acids is 1. The van der Waals surface area contributed by atoms with Gasteiger partial charge in [0.25, 0.3) is 0 Å². The highest BCUT2D eigenvalue weighted by Gasteiger charge is 2.30. The number of carbonyl (C=O) groups is 1. The van der Waals surface area contributed by atoms with Crippen LogP contribution in [-0.4, -0.2) is 43.5 Å². The molecule has 1 aromatic carbocycles. The third-order valence-corrected chi connectivity index (χ3v) is 3.29. The summed E-state index contributed by atoms with van der Waals surface area (Å²) in [5, 5.41) is 0. The van der Waals surface area contributed by atoms with Gasteiger partial charge in [0.2, 0.25) is 0 Å². The predicted molar refractivity (Wildman–Crippen MR) is 67.4 cm³/mol. The number of hydrogen-bond acceptors (Lipinski definition) is 3. The van der Waals surface area contributed by atoms with Crippen LogP contribution in [0.15, 0.2) is 24.3 Å². The van der Waals surface area contributed by atoms with Crippen LogP contribution < -0.4 is 0 Å². The molecule has 1 fully saturated rings. The standard InChI is InChI=1S/C14H16F3NO2/c1-18-6-7-20-13(9-18)12(19)8-10-2-4-11(5-3-10)14(15,16)17/h2-5,13H,6-9H2,1H3. The summed E-state index contributed by atoms with van der Waals surface area (Å²) in [4.78, 5) is 14.0. The first-order valence-electron chi connectivity index (χ1n) is 6.35. The minimum absolute atomic E-state index is 0.0939. The molecule has 0 N–H and O–H groups in total. The maximum atomic E-state index is 12.4. The van der Waals surface area contributed by atoms with E-state index in [2.05, 4.69) is 0 Å². The van der Waals surface area contributed by atoms with E-state index in [0.29, 0.717) is 18.7 Å². The molecular formula is C14H16F3NO2. The number of halogens is 3. The van der Waals surface area contributed by atoms with Crippen molar-refractivity contribution in [3.63, 3.8) is 0 Å². The second kappa shape index (κ2) is 5.93. The average Bonchev–Trinajstić information content (AvgIpc) is 2.38. The first-order chi connectivity index (χ1) is 9.36. The number of morpholine rings is 1. The van der Waals surface area contributed by atoms with E-state index in [4.69, 9.17) is 4.74 Å². The van der Waals surface area contributed by atoms with Crippen LogP contribution in [0.2, 0.25) is 0 Å². The Labute approximate surface area is 115 Å². The number of alkyl halides is 3. The van der Waals surface area contributed by atoms with E-state index in [-0.39, 0.29) is 12.2 Å². The van der Waals surface area contributed by atoms with Crippen molar-refractivity contribution < 1.29 is 22.7 Å². The molecule has 2 rings (SSSR count). The zero-order valence-electron chi connectivity index (χ0n) is 11.1. The van der Waals surface area contributed by atoms with Gasteiger partial charge < -0.3 is 9.64 Å². The number of rotatable bonds is 3. The molecule has 20 heavy (non-hydrogen) atoms. The monoisotopic (exact) mass is 287 g/mol. The number of Topliss-reactive ketones (excluding diaryl/α,β-unsaturated/α-hetero) is 1. The van der Waals surface area contributed by atoms with Gasteiger partial charge in [-0.25, -0.2) is 0 Å². The third-order valence-electron chi connectivity index (χ3n) is 3.29. The van der Waals surface area contributed by atoms with Gasteiger partial charge in [0.15, 0.2) is 5.78 Å². The summed E-state index contributed by atoms with van der Waals surface area (Å²) in [7, 11) is 1.90. The molecule has 0 spiro atoms. The molecular weight excluding hydrogens is 271 g/mol. The summed E-state index contributed by atoms with van der Waals surface area (Å²) in [5.74, 6) is -0.101. The summed E-state index contributed by atoms with van der Waals surface area (Å²) in [6.45, 7) is 1.81. The van der Waals surface area contributed by atoms with Gasteiger partial charge in [-0.2, -0.15) is 13.2 Å². The summed E-state index contributed by atoms with van der Waals surface area (Å²) in [6, 6.07) is 4.67. The van der Waals surface area contributed by atoms with Gasteiger partial charge in [-0.05, 0) is 24.7 Å². The smallest absolute Gasteiger partial charge is 0.368 e. The maximum absolute atomic E-state index is 12.4. The molecule has 6 heteroatoms. The van der Waals surface area contributed by atoms with Crippen molar-refractivity contribution in [2.45, 2.75) is 18.7 Å². The Balaban J connectivity index is 1.97. The van der Waals surface area contributed by atoms with Crippen molar-refractivity contribution in [2.24, 2.45) is 0 Å². The molecule has 0 aliphatic carbocycles. The third kappa shape index (κ3) is 3.80. The molecule has 0 amide bonds. The fourth-order valence-electron chi connectivity index (χ4n) is 2.10. The van der Waals surface area contributed by atoms with Crippen LogP contribution in [0.1, 0.15) is 11.1 Å². The molecule has 1 saturated heterocycles. The predicted octanol–water partition coefficient (Wildman–Crippen LogP) is 2.15. The lowest BCUT2D eigenvalue weighted by atomic mass is 10.0. The Morgan fingerprint density at radius 3 is 2.55 bits per heavy atom. The van der Waals surface area contributed by atoms with Gasteiger partial charge in [0, 0.05) is 19.5 Å². The molecule has 1 atom stereocenters. The van der Waals surface area contributed by atoms with Crippen LogP contribution in [0.25, 0.3) is 0 Å². The lowest BCUT2D eigenvalue weighted by Crippen LogP contribution is -2.44. The molecule has 1 unspecified atom stereocenters. The molecule has 0 bridgehead atoms. The number of hydrogen-bond donors (Lipinski definition) is 0. The number of ketones is 1. The molecule has 1 aromatic rings.